The molecule has 1 aromatic rings. The van der Waals surface area contributed by atoms with E-state index < -0.39 is 0 Å². The number of hydrogen-bond donors (Lipinski definition) is 1. The maximum absolute atomic E-state index is 12.0. The lowest BCUT2D eigenvalue weighted by molar-refractivity contribution is -0.133. The van der Waals surface area contributed by atoms with Crippen LogP contribution in [-0.4, -0.2) is 34.8 Å². The third-order valence-corrected chi connectivity index (χ3v) is 3.80. The van der Waals surface area contributed by atoms with Gasteiger partial charge in [0.15, 0.2) is 0 Å². The zero-order valence-corrected chi connectivity index (χ0v) is 12.7. The minimum absolute atomic E-state index is 0.0317. The Morgan fingerprint density at radius 1 is 1.38 bits per heavy atom. The summed E-state index contributed by atoms with van der Waals surface area (Å²) in [5.41, 5.74) is 1.04. The number of nitrogens with one attached hydrogen (secondary N) is 1. The number of nitrogens with zero attached hydrogens (tertiary/aromatic N) is 2. The average molecular weight is 289 g/mol. The summed E-state index contributed by atoms with van der Waals surface area (Å²) in [6.45, 7) is 5.84. The fourth-order valence-corrected chi connectivity index (χ4v) is 2.60. The van der Waals surface area contributed by atoms with Gasteiger partial charge in [-0.2, -0.15) is 0 Å². The van der Waals surface area contributed by atoms with Crippen molar-refractivity contribution < 1.29 is 9.59 Å². The summed E-state index contributed by atoms with van der Waals surface area (Å²) < 4.78 is 0. The molecule has 0 spiro atoms. The highest BCUT2D eigenvalue weighted by molar-refractivity contribution is 5.79. The molecule has 0 aliphatic carbocycles. The number of likely N-dealkylation sites (tertiary alicyclic amines) is 1. The van der Waals surface area contributed by atoms with Gasteiger partial charge in [-0.1, -0.05) is 13.8 Å². The molecule has 2 heterocycles. The van der Waals surface area contributed by atoms with Gasteiger partial charge >= 0.3 is 0 Å². The minimum Gasteiger partial charge on any atom is -0.352 e. The van der Waals surface area contributed by atoms with E-state index in [-0.39, 0.29) is 23.7 Å². The van der Waals surface area contributed by atoms with E-state index in [4.69, 9.17) is 0 Å². The molecular weight excluding hydrogens is 266 g/mol. The van der Waals surface area contributed by atoms with Gasteiger partial charge in [0.1, 0.15) is 0 Å². The molecule has 2 rings (SSSR count). The van der Waals surface area contributed by atoms with Crippen LogP contribution in [0, 0.1) is 11.8 Å². The summed E-state index contributed by atoms with van der Waals surface area (Å²) in [5.74, 6) is 0.555. The van der Waals surface area contributed by atoms with E-state index in [0.717, 1.165) is 18.5 Å². The van der Waals surface area contributed by atoms with Crippen molar-refractivity contribution >= 4 is 11.8 Å². The first-order valence-corrected chi connectivity index (χ1v) is 7.50. The first-order valence-electron chi connectivity index (χ1n) is 7.50. The average Bonchev–Trinajstić information content (AvgIpc) is 2.93. The van der Waals surface area contributed by atoms with Crippen LogP contribution in [0.15, 0.2) is 24.5 Å². The van der Waals surface area contributed by atoms with E-state index in [9.17, 15) is 9.59 Å². The summed E-state index contributed by atoms with van der Waals surface area (Å²) in [7, 11) is 0. The van der Waals surface area contributed by atoms with Crippen LogP contribution in [-0.2, 0) is 16.1 Å². The second-order valence-electron chi connectivity index (χ2n) is 5.93. The van der Waals surface area contributed by atoms with Crippen LogP contribution >= 0.6 is 0 Å². The van der Waals surface area contributed by atoms with Crippen molar-refractivity contribution in [1.82, 2.24) is 15.2 Å². The highest BCUT2D eigenvalue weighted by atomic mass is 16.2. The van der Waals surface area contributed by atoms with Crippen LogP contribution in [0.25, 0.3) is 0 Å². The van der Waals surface area contributed by atoms with Crippen molar-refractivity contribution in [3.05, 3.63) is 30.1 Å². The quantitative estimate of drug-likeness (QED) is 0.895. The molecule has 1 unspecified atom stereocenters. The Hall–Kier alpha value is -1.91. The van der Waals surface area contributed by atoms with Gasteiger partial charge in [-0.15, -0.1) is 0 Å². The van der Waals surface area contributed by atoms with Crippen molar-refractivity contribution in [3.8, 4) is 0 Å². The number of hydrogen-bond acceptors (Lipinski definition) is 3. The Kier molecular flexibility index (Phi) is 5.31. The zero-order valence-electron chi connectivity index (χ0n) is 12.7. The molecular formula is C16H23N3O2. The van der Waals surface area contributed by atoms with Crippen LogP contribution in [0.4, 0.5) is 0 Å². The van der Waals surface area contributed by atoms with Crippen molar-refractivity contribution in [2.75, 3.05) is 13.1 Å². The van der Waals surface area contributed by atoms with Gasteiger partial charge < -0.3 is 10.2 Å². The summed E-state index contributed by atoms with van der Waals surface area (Å²) in [4.78, 5) is 29.7. The molecule has 5 heteroatoms. The van der Waals surface area contributed by atoms with E-state index >= 15 is 0 Å². The van der Waals surface area contributed by atoms with E-state index in [1.54, 1.807) is 12.4 Å². The Labute approximate surface area is 125 Å². The molecule has 1 N–H and O–H groups in total. The molecule has 1 fully saturated rings. The van der Waals surface area contributed by atoms with Gasteiger partial charge in [0.25, 0.3) is 0 Å². The molecule has 1 atom stereocenters. The van der Waals surface area contributed by atoms with Crippen LogP contribution < -0.4 is 5.32 Å². The van der Waals surface area contributed by atoms with Gasteiger partial charge in [0.05, 0.1) is 0 Å². The molecule has 1 aromatic heterocycles. The predicted molar refractivity (Wildman–Crippen MR) is 80.2 cm³/mol. The van der Waals surface area contributed by atoms with Crippen LogP contribution in [0.5, 0.6) is 0 Å². The van der Waals surface area contributed by atoms with Crippen LogP contribution in [0.1, 0.15) is 32.3 Å². The number of rotatable bonds is 5. The Balaban J connectivity index is 1.73. The standard InChI is InChI=1S/C16H23N3O2/c1-12(2)16(21)19-8-5-14(11-19)9-15(20)18-10-13-3-6-17-7-4-13/h3-4,6-7,12,14H,5,8-11H2,1-2H3,(H,18,20). The molecule has 1 saturated heterocycles. The molecule has 1 aliphatic rings. The number of pyridine rings is 1. The van der Waals surface area contributed by atoms with E-state index in [0.29, 0.717) is 19.5 Å². The largest absolute Gasteiger partial charge is 0.352 e. The fraction of sp³-hybridized carbons (Fsp3) is 0.562. The summed E-state index contributed by atoms with van der Waals surface area (Å²) >= 11 is 0. The van der Waals surface area contributed by atoms with E-state index in [2.05, 4.69) is 10.3 Å². The van der Waals surface area contributed by atoms with Crippen molar-refractivity contribution in [1.29, 1.82) is 0 Å². The van der Waals surface area contributed by atoms with Crippen molar-refractivity contribution in [2.24, 2.45) is 11.8 Å². The molecule has 21 heavy (non-hydrogen) atoms. The number of carbonyl (C=O) groups excluding carboxylic acids is 2. The fourth-order valence-electron chi connectivity index (χ4n) is 2.60. The maximum atomic E-state index is 12.0. The van der Waals surface area contributed by atoms with Crippen molar-refractivity contribution in [2.45, 2.75) is 33.2 Å². The van der Waals surface area contributed by atoms with Gasteiger partial charge in [-0.25, -0.2) is 0 Å². The Bertz CT molecular complexity index is 488. The maximum Gasteiger partial charge on any atom is 0.225 e. The molecule has 114 valence electrons. The first-order chi connectivity index (χ1) is 10.1. The molecule has 0 bridgehead atoms. The van der Waals surface area contributed by atoms with Gasteiger partial charge in [-0.3, -0.25) is 14.6 Å². The van der Waals surface area contributed by atoms with Gasteiger partial charge in [0, 0.05) is 44.4 Å². The molecule has 0 aromatic carbocycles. The molecule has 1 aliphatic heterocycles. The SMILES string of the molecule is CC(C)C(=O)N1CCC(CC(=O)NCc2ccncc2)C1. The number of amides is 2. The molecule has 5 nitrogen and oxygen atoms in total. The normalized spacial score (nSPS) is 18.0. The third-order valence-electron chi connectivity index (χ3n) is 3.80. The zero-order chi connectivity index (χ0) is 15.2. The Morgan fingerprint density at radius 3 is 2.76 bits per heavy atom. The summed E-state index contributed by atoms with van der Waals surface area (Å²) in [6.07, 6.45) is 4.84. The lowest BCUT2D eigenvalue weighted by Crippen LogP contribution is -2.33. The van der Waals surface area contributed by atoms with Crippen LogP contribution in [0.3, 0.4) is 0 Å². The predicted octanol–water partition coefficient (Wildman–Crippen LogP) is 1.59. The van der Waals surface area contributed by atoms with E-state index in [1.165, 1.54) is 0 Å². The highest BCUT2D eigenvalue weighted by Gasteiger charge is 2.28. The minimum atomic E-state index is 0.0317. The number of carbonyl (C=O) groups is 2. The second-order valence-corrected chi connectivity index (χ2v) is 5.93. The van der Waals surface area contributed by atoms with Crippen LogP contribution in [0.2, 0.25) is 0 Å². The van der Waals surface area contributed by atoms with Gasteiger partial charge in [0.2, 0.25) is 11.8 Å². The first kappa shape index (κ1) is 15.5. The molecule has 0 saturated carbocycles. The summed E-state index contributed by atoms with van der Waals surface area (Å²) in [5, 5.41) is 2.92. The van der Waals surface area contributed by atoms with E-state index in [1.807, 2.05) is 30.9 Å². The highest BCUT2D eigenvalue weighted by Crippen LogP contribution is 2.21. The lowest BCUT2D eigenvalue weighted by Gasteiger charge is -2.18. The third kappa shape index (κ3) is 4.55. The molecule has 2 amide bonds. The smallest absolute Gasteiger partial charge is 0.225 e. The summed E-state index contributed by atoms with van der Waals surface area (Å²) in [6, 6.07) is 3.78. The lowest BCUT2D eigenvalue weighted by atomic mass is 10.0. The topological polar surface area (TPSA) is 62.3 Å². The van der Waals surface area contributed by atoms with Crippen molar-refractivity contribution in [3.63, 3.8) is 0 Å². The number of aromatic nitrogens is 1. The monoisotopic (exact) mass is 289 g/mol. The Morgan fingerprint density at radius 2 is 2.10 bits per heavy atom. The molecule has 0 radical (unpaired) electrons. The van der Waals surface area contributed by atoms with Gasteiger partial charge in [-0.05, 0) is 30.0 Å². The second kappa shape index (κ2) is 7.20.